The van der Waals surface area contributed by atoms with Gasteiger partial charge in [-0.25, -0.2) is 4.99 Å². The highest BCUT2D eigenvalue weighted by Crippen LogP contribution is 2.36. The normalized spacial score (nSPS) is 17.1. The van der Waals surface area contributed by atoms with E-state index < -0.39 is 0 Å². The fourth-order valence-corrected chi connectivity index (χ4v) is 4.49. The van der Waals surface area contributed by atoms with Gasteiger partial charge in [0.05, 0.1) is 23.4 Å². The Morgan fingerprint density at radius 3 is 2.59 bits per heavy atom. The second kappa shape index (κ2) is 8.17. The number of para-hydroxylation sites is 1. The van der Waals surface area contributed by atoms with Crippen LogP contribution in [0.25, 0.3) is 6.08 Å². The van der Waals surface area contributed by atoms with Crippen molar-refractivity contribution in [2.75, 3.05) is 0 Å². The predicted molar refractivity (Wildman–Crippen MR) is 118 cm³/mol. The van der Waals surface area contributed by atoms with Crippen LogP contribution in [0.1, 0.15) is 29.6 Å². The summed E-state index contributed by atoms with van der Waals surface area (Å²) in [6.07, 6.45) is 3.59. The number of furan rings is 1. The van der Waals surface area contributed by atoms with Gasteiger partial charge in [0.25, 0.3) is 5.91 Å². The molecule has 1 saturated heterocycles. The Kier molecular flexibility index (Phi) is 5.45. The summed E-state index contributed by atoms with van der Waals surface area (Å²) >= 11 is 1.41. The van der Waals surface area contributed by atoms with Gasteiger partial charge in [-0.2, -0.15) is 0 Å². The molecule has 0 bridgehead atoms. The van der Waals surface area contributed by atoms with E-state index in [1.165, 1.54) is 17.5 Å². The Balaban J connectivity index is 1.71. The molecule has 1 amide bonds. The van der Waals surface area contributed by atoms with E-state index in [-0.39, 0.29) is 5.91 Å². The van der Waals surface area contributed by atoms with E-state index in [2.05, 4.69) is 31.4 Å². The first-order valence-electron chi connectivity index (χ1n) is 9.61. The van der Waals surface area contributed by atoms with Crippen LogP contribution in [0.5, 0.6) is 0 Å². The van der Waals surface area contributed by atoms with Crippen LogP contribution in [0.15, 0.2) is 69.1 Å². The number of hydrogen-bond acceptors (Lipinski definition) is 4. The number of amides is 1. The lowest BCUT2D eigenvalue weighted by Gasteiger charge is -2.13. The van der Waals surface area contributed by atoms with Crippen molar-refractivity contribution >= 4 is 34.6 Å². The van der Waals surface area contributed by atoms with Crippen LogP contribution < -0.4 is 0 Å². The molecule has 4 rings (SSSR count). The number of thioether (sulfide) groups is 1. The molecule has 3 aromatic rings. The van der Waals surface area contributed by atoms with Crippen molar-refractivity contribution in [3.8, 4) is 0 Å². The van der Waals surface area contributed by atoms with E-state index in [9.17, 15) is 4.79 Å². The summed E-state index contributed by atoms with van der Waals surface area (Å²) in [5, 5.41) is 0.660. The second-order valence-electron chi connectivity index (χ2n) is 6.88. The molecule has 3 heterocycles. The summed E-state index contributed by atoms with van der Waals surface area (Å²) in [6, 6.07) is 15.5. The average Bonchev–Trinajstić information content (AvgIpc) is 3.39. The van der Waals surface area contributed by atoms with Crippen LogP contribution >= 0.6 is 11.8 Å². The molecule has 1 aliphatic rings. The Morgan fingerprint density at radius 2 is 1.93 bits per heavy atom. The summed E-state index contributed by atoms with van der Waals surface area (Å²) in [7, 11) is 0. The van der Waals surface area contributed by atoms with E-state index >= 15 is 0 Å². The fraction of sp³-hybridized carbons (Fsp3) is 0.217. The van der Waals surface area contributed by atoms with Gasteiger partial charge in [-0.3, -0.25) is 9.69 Å². The zero-order chi connectivity index (χ0) is 20.4. The summed E-state index contributed by atoms with van der Waals surface area (Å²) < 4.78 is 7.71. The van der Waals surface area contributed by atoms with Crippen molar-refractivity contribution in [1.82, 2.24) is 9.47 Å². The van der Waals surface area contributed by atoms with Crippen LogP contribution in [0.3, 0.4) is 0 Å². The number of carbonyl (C=O) groups is 1. The number of benzene rings is 1. The quantitative estimate of drug-likeness (QED) is 0.525. The molecule has 29 heavy (non-hydrogen) atoms. The summed E-state index contributed by atoms with van der Waals surface area (Å²) in [6.45, 7) is 7.57. The van der Waals surface area contributed by atoms with E-state index in [1.54, 1.807) is 11.2 Å². The zero-order valence-corrected chi connectivity index (χ0v) is 17.6. The molecule has 0 unspecified atom stereocenters. The van der Waals surface area contributed by atoms with Gasteiger partial charge in [-0.05, 0) is 74.5 Å². The lowest BCUT2D eigenvalue weighted by Crippen LogP contribution is -2.28. The number of aryl methyl sites for hydroxylation is 1. The highest BCUT2D eigenvalue weighted by atomic mass is 32.2. The van der Waals surface area contributed by atoms with Crippen LogP contribution in [0.4, 0.5) is 5.69 Å². The van der Waals surface area contributed by atoms with Gasteiger partial charge < -0.3 is 8.98 Å². The molecule has 6 heteroatoms. The van der Waals surface area contributed by atoms with Gasteiger partial charge in [0.1, 0.15) is 5.76 Å². The average molecular weight is 406 g/mol. The third-order valence-corrected chi connectivity index (χ3v) is 5.99. The molecule has 0 saturated carbocycles. The topological polar surface area (TPSA) is 50.7 Å². The first kappa shape index (κ1) is 19.3. The number of aromatic nitrogens is 1. The van der Waals surface area contributed by atoms with Gasteiger partial charge in [-0.15, -0.1) is 0 Å². The van der Waals surface area contributed by atoms with Gasteiger partial charge in [-0.1, -0.05) is 18.2 Å². The van der Waals surface area contributed by atoms with Crippen molar-refractivity contribution in [1.29, 1.82) is 0 Å². The summed E-state index contributed by atoms with van der Waals surface area (Å²) in [4.78, 5) is 20.3. The standard InChI is InChI=1S/C23H23N3O2S/c1-4-25-16(2)13-18(17(25)3)14-21-22(27)26(15-20-11-8-12-28-20)23(29-21)24-19-9-6-5-7-10-19/h5-14H,4,15H2,1-3H3/b21-14-,24-23?. The van der Waals surface area contributed by atoms with Crippen molar-refractivity contribution < 1.29 is 9.21 Å². The maximum absolute atomic E-state index is 13.2. The Labute approximate surface area is 174 Å². The molecule has 148 valence electrons. The van der Waals surface area contributed by atoms with E-state index in [4.69, 9.17) is 9.41 Å². The molecule has 2 aromatic heterocycles. The van der Waals surface area contributed by atoms with Crippen molar-refractivity contribution in [2.45, 2.75) is 33.9 Å². The molecule has 1 aliphatic heterocycles. The summed E-state index contributed by atoms with van der Waals surface area (Å²) in [5.41, 5.74) is 4.24. The van der Waals surface area contributed by atoms with Crippen LogP contribution in [-0.4, -0.2) is 20.5 Å². The second-order valence-corrected chi connectivity index (χ2v) is 7.89. The number of hydrogen-bond donors (Lipinski definition) is 0. The highest BCUT2D eigenvalue weighted by molar-refractivity contribution is 8.18. The van der Waals surface area contributed by atoms with Crippen LogP contribution in [0, 0.1) is 13.8 Å². The number of carbonyl (C=O) groups excluding carboxylic acids is 1. The highest BCUT2D eigenvalue weighted by Gasteiger charge is 2.34. The smallest absolute Gasteiger partial charge is 0.267 e. The molecule has 0 atom stereocenters. The molecule has 0 aliphatic carbocycles. The molecule has 0 spiro atoms. The molecular weight excluding hydrogens is 382 g/mol. The third kappa shape index (κ3) is 3.93. The number of amidine groups is 1. The Bertz CT molecular complexity index is 1080. The van der Waals surface area contributed by atoms with Gasteiger partial charge in [0, 0.05) is 17.9 Å². The zero-order valence-electron chi connectivity index (χ0n) is 16.8. The first-order valence-corrected chi connectivity index (χ1v) is 10.4. The number of aliphatic imine (C=N–C) groups is 1. The summed E-state index contributed by atoms with van der Waals surface area (Å²) in [5.74, 6) is 0.674. The number of rotatable bonds is 5. The third-order valence-electron chi connectivity index (χ3n) is 4.98. The maximum atomic E-state index is 13.2. The Morgan fingerprint density at radius 1 is 1.14 bits per heavy atom. The maximum Gasteiger partial charge on any atom is 0.267 e. The minimum absolute atomic E-state index is 0.0533. The molecule has 5 nitrogen and oxygen atoms in total. The molecule has 1 fully saturated rings. The van der Waals surface area contributed by atoms with Gasteiger partial charge in [0.2, 0.25) is 0 Å². The minimum Gasteiger partial charge on any atom is -0.467 e. The first-order chi connectivity index (χ1) is 14.1. The van der Waals surface area contributed by atoms with Crippen LogP contribution in [-0.2, 0) is 17.9 Å². The molecule has 0 radical (unpaired) electrons. The molecule has 0 N–H and O–H groups in total. The van der Waals surface area contributed by atoms with E-state index in [0.29, 0.717) is 16.6 Å². The lowest BCUT2D eigenvalue weighted by molar-refractivity contribution is -0.122. The lowest BCUT2D eigenvalue weighted by atomic mass is 10.2. The largest absolute Gasteiger partial charge is 0.467 e. The van der Waals surface area contributed by atoms with Crippen molar-refractivity contribution in [3.05, 3.63) is 82.4 Å². The van der Waals surface area contributed by atoms with Crippen LogP contribution in [0.2, 0.25) is 0 Å². The van der Waals surface area contributed by atoms with Crippen molar-refractivity contribution in [3.63, 3.8) is 0 Å². The fourth-order valence-electron chi connectivity index (χ4n) is 3.50. The van der Waals surface area contributed by atoms with Gasteiger partial charge in [0.15, 0.2) is 5.17 Å². The molecule has 1 aromatic carbocycles. The molecular formula is C23H23N3O2S. The minimum atomic E-state index is -0.0533. The predicted octanol–water partition coefficient (Wildman–Crippen LogP) is 5.52. The van der Waals surface area contributed by atoms with Gasteiger partial charge >= 0.3 is 0 Å². The van der Waals surface area contributed by atoms with E-state index in [1.807, 2.05) is 48.5 Å². The Hall–Kier alpha value is -2.99. The van der Waals surface area contributed by atoms with Crippen molar-refractivity contribution in [2.24, 2.45) is 4.99 Å². The van der Waals surface area contributed by atoms with E-state index in [0.717, 1.165) is 29.2 Å². The SMILES string of the molecule is CCn1c(C)cc(/C=C2\SC(=Nc3ccccc3)N(Cc3ccco3)C2=O)c1C. The monoisotopic (exact) mass is 405 g/mol. The number of nitrogens with zero attached hydrogens (tertiary/aromatic N) is 3.